The van der Waals surface area contributed by atoms with Crippen molar-refractivity contribution in [2.24, 2.45) is 0 Å². The van der Waals surface area contributed by atoms with Crippen LogP contribution in [0.3, 0.4) is 0 Å². The monoisotopic (exact) mass is 194 g/mol. The first-order chi connectivity index (χ1) is 3.71. The van der Waals surface area contributed by atoms with Crippen molar-refractivity contribution in [1.29, 1.82) is 0 Å². The summed E-state index contributed by atoms with van der Waals surface area (Å²) < 4.78 is 14.6. The Morgan fingerprint density at radius 1 is 1.30 bits per heavy atom. The molecule has 0 aliphatic heterocycles. The van der Waals surface area contributed by atoms with E-state index < -0.39 is 16.1 Å². The molecule has 0 saturated heterocycles. The zero-order valence-corrected chi connectivity index (χ0v) is 7.55. The Bertz CT molecular complexity index is 138. The fraction of sp³-hybridized carbons (Fsp3) is 1.00. The summed E-state index contributed by atoms with van der Waals surface area (Å²) in [6.45, 7) is 5.14. The molecular weight excluding hydrogens is 182 g/mol. The molecule has 0 spiro atoms. The number of phosphoric acid groups is 1. The van der Waals surface area contributed by atoms with Crippen molar-refractivity contribution in [2.75, 3.05) is 0 Å². The van der Waals surface area contributed by atoms with E-state index in [2.05, 4.69) is 4.21 Å². The van der Waals surface area contributed by atoms with Gasteiger partial charge in [0.2, 0.25) is 0 Å². The van der Waals surface area contributed by atoms with E-state index in [1.54, 1.807) is 19.6 Å². The van der Waals surface area contributed by atoms with E-state index in [9.17, 15) is 4.57 Å². The van der Waals surface area contributed by atoms with Gasteiger partial charge in [-0.15, -0.1) is 0 Å². The molecule has 0 unspecified atom stereocenters. The molecule has 0 aromatic heterocycles. The first-order valence-electron chi connectivity index (χ1n) is 2.47. The molecule has 0 aromatic carbocycles. The van der Waals surface area contributed by atoms with Gasteiger partial charge in [-0.2, -0.15) is 0 Å². The van der Waals surface area contributed by atoms with E-state index in [4.69, 9.17) is 9.79 Å². The maximum atomic E-state index is 10.2. The Balaban J connectivity index is 0. The number of rotatable bonds is 2. The molecule has 0 rings (SSSR count). The summed E-state index contributed by atoms with van der Waals surface area (Å²) in [6, 6.07) is 0. The molecule has 0 atom stereocenters. The van der Waals surface area contributed by atoms with Gasteiger partial charge in [0.15, 0.2) is 8.32 Å². The van der Waals surface area contributed by atoms with Gasteiger partial charge in [-0.3, -0.25) is 0 Å². The van der Waals surface area contributed by atoms with Crippen molar-refractivity contribution in [3.8, 4) is 0 Å². The van der Waals surface area contributed by atoms with Crippen molar-refractivity contribution < 1.29 is 18.6 Å². The first-order valence-corrected chi connectivity index (χ1v) is 7.41. The molecule has 0 heterocycles. The van der Waals surface area contributed by atoms with Gasteiger partial charge in [0, 0.05) is 0 Å². The second-order valence-corrected chi connectivity index (χ2v) is 8.63. The maximum absolute atomic E-state index is 10.2. The molecule has 0 aromatic rings. The van der Waals surface area contributed by atoms with Crippen LogP contribution in [-0.2, 0) is 8.78 Å². The first kappa shape index (κ1) is 13.9. The van der Waals surface area contributed by atoms with Gasteiger partial charge in [-0.25, -0.2) is 4.57 Å². The molecule has 0 aliphatic rings. The van der Waals surface area contributed by atoms with E-state index in [0.717, 1.165) is 0 Å². The minimum atomic E-state index is -4.23. The van der Waals surface area contributed by atoms with Crippen LogP contribution in [0.25, 0.3) is 0 Å². The minimum absolute atomic E-state index is 0. The van der Waals surface area contributed by atoms with Crippen LogP contribution in [0.5, 0.6) is 0 Å². The zero-order valence-electron chi connectivity index (χ0n) is 5.66. The van der Waals surface area contributed by atoms with Crippen LogP contribution in [0.4, 0.5) is 0 Å². The standard InChI is InChI=1S/C3H11O4PSi.Na.H/c1-9(2,3)7-8(4,5)6;;/h1-3H3,(H2,4,5,6);;. The number of hydrogen-bond donors (Lipinski definition) is 2. The van der Waals surface area contributed by atoms with Crippen LogP contribution < -0.4 is 0 Å². The second-order valence-electron chi connectivity index (χ2n) is 2.69. The average molecular weight is 194 g/mol. The summed E-state index contributed by atoms with van der Waals surface area (Å²) >= 11 is 0. The van der Waals surface area contributed by atoms with Crippen molar-refractivity contribution >= 4 is 45.7 Å². The Morgan fingerprint density at radius 3 is 1.60 bits per heavy atom. The topological polar surface area (TPSA) is 66.8 Å². The summed E-state index contributed by atoms with van der Waals surface area (Å²) in [5, 5.41) is 0. The predicted octanol–water partition coefficient (Wildman–Crippen LogP) is 0.282. The molecule has 7 heteroatoms. The van der Waals surface area contributed by atoms with E-state index in [1.165, 1.54) is 0 Å². The van der Waals surface area contributed by atoms with E-state index in [1.807, 2.05) is 0 Å². The SMILES string of the molecule is C[Si](C)(C)OP(=O)(O)O.[NaH]. The predicted molar refractivity (Wildman–Crippen MR) is 43.6 cm³/mol. The van der Waals surface area contributed by atoms with Gasteiger partial charge in [-0.1, -0.05) is 0 Å². The summed E-state index contributed by atoms with van der Waals surface area (Å²) in [7, 11) is -6.28. The molecule has 0 radical (unpaired) electrons. The quantitative estimate of drug-likeness (QED) is 0.489. The van der Waals surface area contributed by atoms with E-state index in [0.29, 0.717) is 0 Å². The molecule has 0 bridgehead atoms. The van der Waals surface area contributed by atoms with Crippen molar-refractivity contribution in [3.05, 3.63) is 0 Å². The van der Waals surface area contributed by atoms with Crippen LogP contribution >= 0.6 is 7.82 Å². The molecule has 2 N–H and O–H groups in total. The van der Waals surface area contributed by atoms with Gasteiger partial charge in [0.25, 0.3) is 0 Å². The van der Waals surface area contributed by atoms with Crippen molar-refractivity contribution in [1.82, 2.24) is 0 Å². The van der Waals surface area contributed by atoms with Crippen LogP contribution in [0.15, 0.2) is 0 Å². The molecule has 0 aliphatic carbocycles. The van der Waals surface area contributed by atoms with E-state index in [-0.39, 0.29) is 29.6 Å². The second kappa shape index (κ2) is 4.38. The Kier molecular flexibility index (Phi) is 6.08. The molecule has 0 fully saturated rings. The Labute approximate surface area is 83.6 Å². The van der Waals surface area contributed by atoms with Gasteiger partial charge < -0.3 is 14.0 Å². The van der Waals surface area contributed by atoms with Crippen LogP contribution in [0.1, 0.15) is 0 Å². The van der Waals surface area contributed by atoms with Crippen LogP contribution in [-0.4, -0.2) is 47.7 Å². The fourth-order valence-corrected chi connectivity index (χ4v) is 3.21. The van der Waals surface area contributed by atoms with Crippen LogP contribution in [0, 0.1) is 0 Å². The number of hydrogen-bond acceptors (Lipinski definition) is 2. The molecule has 4 nitrogen and oxygen atoms in total. The van der Waals surface area contributed by atoms with Gasteiger partial charge in [0.1, 0.15) is 0 Å². The zero-order chi connectivity index (χ0) is 7.71. The Morgan fingerprint density at radius 2 is 1.60 bits per heavy atom. The summed E-state index contributed by atoms with van der Waals surface area (Å²) in [5.41, 5.74) is 0. The molecule has 58 valence electrons. The summed E-state index contributed by atoms with van der Waals surface area (Å²) in [4.78, 5) is 16.6. The van der Waals surface area contributed by atoms with Gasteiger partial charge >= 0.3 is 37.4 Å². The normalized spacial score (nSPS) is 12.5. The van der Waals surface area contributed by atoms with Gasteiger partial charge in [0.05, 0.1) is 0 Å². The van der Waals surface area contributed by atoms with Gasteiger partial charge in [-0.05, 0) is 19.6 Å². The van der Waals surface area contributed by atoms with Crippen molar-refractivity contribution in [3.63, 3.8) is 0 Å². The van der Waals surface area contributed by atoms with Crippen molar-refractivity contribution in [2.45, 2.75) is 19.6 Å². The molecule has 0 saturated carbocycles. The fourth-order valence-electron chi connectivity index (χ4n) is 0.357. The molecule has 10 heavy (non-hydrogen) atoms. The third-order valence-electron chi connectivity index (χ3n) is 0.393. The summed E-state index contributed by atoms with van der Waals surface area (Å²) in [6.07, 6.45) is 0. The van der Waals surface area contributed by atoms with E-state index >= 15 is 0 Å². The molecule has 0 amide bonds. The Hall–Kier alpha value is 1.33. The van der Waals surface area contributed by atoms with Crippen LogP contribution in [0.2, 0.25) is 19.6 Å². The third-order valence-corrected chi connectivity index (χ3v) is 3.54. The summed E-state index contributed by atoms with van der Waals surface area (Å²) in [5.74, 6) is 0. The molecular formula is C3H12NaO4PSi. The average Bonchev–Trinajstić information content (AvgIpc) is 1.14. The third kappa shape index (κ3) is 12.0.